The first-order valence-electron chi connectivity index (χ1n) is 6.80. The molecule has 0 saturated heterocycles. The second-order valence-electron chi connectivity index (χ2n) is 6.01. The standard InChI is InChI=1S/C14H15FN2O2/c15-8-4-9(14(18)19)13(16-5-8)17-12-10-6-1-2-7(3-6)11(10)12/h4-7,10-12H,1-3H2,(H,16,17)(H,18,19). The molecule has 2 N–H and O–H groups in total. The fourth-order valence-electron chi connectivity index (χ4n) is 4.39. The number of nitrogens with one attached hydrogen (secondary N) is 1. The van der Waals surface area contributed by atoms with Crippen LogP contribution in [0.15, 0.2) is 12.3 Å². The van der Waals surface area contributed by atoms with Crippen LogP contribution in [-0.4, -0.2) is 22.1 Å². The van der Waals surface area contributed by atoms with Crippen molar-refractivity contribution in [3.05, 3.63) is 23.6 Å². The van der Waals surface area contributed by atoms with Crippen molar-refractivity contribution < 1.29 is 14.3 Å². The van der Waals surface area contributed by atoms with E-state index in [4.69, 9.17) is 5.11 Å². The van der Waals surface area contributed by atoms with Crippen molar-refractivity contribution in [1.82, 2.24) is 4.98 Å². The Hall–Kier alpha value is -1.65. The number of hydrogen-bond acceptors (Lipinski definition) is 3. The third-order valence-electron chi connectivity index (χ3n) is 5.12. The summed E-state index contributed by atoms with van der Waals surface area (Å²) in [6.07, 6.45) is 5.04. The fraction of sp³-hybridized carbons (Fsp3) is 0.571. The Balaban J connectivity index is 1.57. The Kier molecular flexibility index (Phi) is 2.17. The van der Waals surface area contributed by atoms with Gasteiger partial charge in [0.05, 0.1) is 6.20 Å². The van der Waals surface area contributed by atoms with E-state index in [0.29, 0.717) is 23.7 Å². The van der Waals surface area contributed by atoms with Gasteiger partial charge in [-0.3, -0.25) is 0 Å². The maximum Gasteiger partial charge on any atom is 0.339 e. The molecule has 4 atom stereocenters. The van der Waals surface area contributed by atoms with Gasteiger partial charge >= 0.3 is 5.97 Å². The van der Waals surface area contributed by atoms with E-state index < -0.39 is 11.8 Å². The lowest BCUT2D eigenvalue weighted by molar-refractivity contribution is 0.0697. The first-order chi connectivity index (χ1) is 9.15. The molecule has 0 radical (unpaired) electrons. The maximum atomic E-state index is 13.1. The molecule has 3 aliphatic carbocycles. The summed E-state index contributed by atoms with van der Waals surface area (Å²) < 4.78 is 13.1. The van der Waals surface area contributed by atoms with Crippen molar-refractivity contribution in [2.75, 3.05) is 5.32 Å². The summed E-state index contributed by atoms with van der Waals surface area (Å²) in [5, 5.41) is 12.3. The van der Waals surface area contributed by atoms with Gasteiger partial charge in [-0.15, -0.1) is 0 Å². The molecule has 1 heterocycles. The van der Waals surface area contributed by atoms with Crippen molar-refractivity contribution in [1.29, 1.82) is 0 Å². The largest absolute Gasteiger partial charge is 0.478 e. The molecular formula is C14H15FN2O2. The van der Waals surface area contributed by atoms with Crippen molar-refractivity contribution in [2.45, 2.75) is 25.3 Å². The van der Waals surface area contributed by atoms with E-state index in [0.717, 1.165) is 24.1 Å². The van der Waals surface area contributed by atoms with Crippen LogP contribution in [0.5, 0.6) is 0 Å². The lowest BCUT2D eigenvalue weighted by Crippen LogP contribution is -2.16. The van der Waals surface area contributed by atoms with Crippen LogP contribution in [0.1, 0.15) is 29.6 Å². The van der Waals surface area contributed by atoms with Crippen LogP contribution in [0.4, 0.5) is 10.2 Å². The van der Waals surface area contributed by atoms with Gasteiger partial charge in [-0.25, -0.2) is 14.2 Å². The second kappa shape index (κ2) is 3.68. The molecule has 4 nitrogen and oxygen atoms in total. The highest BCUT2D eigenvalue weighted by atomic mass is 19.1. The molecule has 0 aliphatic heterocycles. The molecule has 0 spiro atoms. The summed E-state index contributed by atoms with van der Waals surface area (Å²) in [4.78, 5) is 15.0. The average Bonchev–Trinajstić information content (AvgIpc) is 2.79. The summed E-state index contributed by atoms with van der Waals surface area (Å²) in [7, 11) is 0. The maximum absolute atomic E-state index is 13.1. The van der Waals surface area contributed by atoms with E-state index in [1.807, 2.05) is 0 Å². The topological polar surface area (TPSA) is 62.2 Å². The van der Waals surface area contributed by atoms with E-state index in [1.54, 1.807) is 0 Å². The Labute approximate surface area is 110 Å². The van der Waals surface area contributed by atoms with Gasteiger partial charge in [0.15, 0.2) is 0 Å². The molecule has 3 saturated carbocycles. The molecule has 1 aromatic rings. The molecule has 5 heteroatoms. The molecule has 1 aromatic heterocycles. The summed E-state index contributed by atoms with van der Waals surface area (Å²) in [5.41, 5.74) is -0.0719. The van der Waals surface area contributed by atoms with Crippen LogP contribution < -0.4 is 5.32 Å². The van der Waals surface area contributed by atoms with E-state index >= 15 is 0 Å². The summed E-state index contributed by atoms with van der Waals surface area (Å²) in [6, 6.07) is 1.38. The van der Waals surface area contributed by atoms with Crippen molar-refractivity contribution in [3.63, 3.8) is 0 Å². The Morgan fingerprint density at radius 1 is 1.37 bits per heavy atom. The fourth-order valence-corrected chi connectivity index (χ4v) is 4.39. The normalized spacial score (nSPS) is 38.1. The number of anilines is 1. The van der Waals surface area contributed by atoms with Crippen molar-refractivity contribution in [2.24, 2.45) is 23.7 Å². The monoisotopic (exact) mass is 262 g/mol. The molecule has 19 heavy (non-hydrogen) atoms. The van der Waals surface area contributed by atoms with Gasteiger partial charge < -0.3 is 10.4 Å². The predicted octanol–water partition coefficient (Wildman–Crippen LogP) is 2.38. The second-order valence-corrected chi connectivity index (χ2v) is 6.01. The van der Waals surface area contributed by atoms with E-state index in [2.05, 4.69) is 10.3 Å². The van der Waals surface area contributed by atoms with Gasteiger partial charge in [0.2, 0.25) is 0 Å². The number of hydrogen-bond donors (Lipinski definition) is 2. The number of carboxylic acid groups (broad SMARTS) is 1. The number of aromatic nitrogens is 1. The van der Waals surface area contributed by atoms with Crippen LogP contribution in [-0.2, 0) is 0 Å². The molecular weight excluding hydrogens is 247 g/mol. The first kappa shape index (κ1) is 11.2. The number of carboxylic acids is 1. The molecule has 0 aromatic carbocycles. The van der Waals surface area contributed by atoms with Crippen LogP contribution in [0.3, 0.4) is 0 Å². The number of fused-ring (bicyclic) bond motifs is 5. The Bertz CT molecular complexity index is 546. The van der Waals surface area contributed by atoms with Crippen molar-refractivity contribution >= 4 is 11.8 Å². The lowest BCUT2D eigenvalue weighted by atomic mass is 10.0. The zero-order valence-corrected chi connectivity index (χ0v) is 10.3. The number of pyridine rings is 1. The van der Waals surface area contributed by atoms with Gasteiger partial charge in [-0.05, 0) is 49.0 Å². The Morgan fingerprint density at radius 3 is 2.68 bits per heavy atom. The number of aromatic carboxylic acids is 1. The summed E-state index contributed by atoms with van der Waals surface area (Å²) >= 11 is 0. The highest BCUT2D eigenvalue weighted by Crippen LogP contribution is 2.66. The van der Waals surface area contributed by atoms with Crippen LogP contribution in [0.2, 0.25) is 0 Å². The van der Waals surface area contributed by atoms with Crippen LogP contribution >= 0.6 is 0 Å². The minimum atomic E-state index is -1.14. The zero-order valence-electron chi connectivity index (χ0n) is 10.3. The average molecular weight is 262 g/mol. The molecule has 3 fully saturated rings. The SMILES string of the molecule is O=C(O)c1cc(F)cnc1NC1C2C3CCC(C3)C12. The third-order valence-corrected chi connectivity index (χ3v) is 5.12. The van der Waals surface area contributed by atoms with Gasteiger partial charge in [0, 0.05) is 6.04 Å². The van der Waals surface area contributed by atoms with E-state index in [1.165, 1.54) is 19.3 Å². The molecule has 2 bridgehead atoms. The smallest absolute Gasteiger partial charge is 0.339 e. The summed E-state index contributed by atoms with van der Waals surface area (Å²) in [6.45, 7) is 0. The predicted molar refractivity (Wildman–Crippen MR) is 66.4 cm³/mol. The molecule has 100 valence electrons. The number of nitrogens with zero attached hydrogens (tertiary/aromatic N) is 1. The lowest BCUT2D eigenvalue weighted by Gasteiger charge is -2.12. The molecule has 4 unspecified atom stereocenters. The third kappa shape index (κ3) is 1.57. The molecule has 4 rings (SSSR count). The number of rotatable bonds is 3. The highest BCUT2D eigenvalue weighted by Gasteiger charge is 2.65. The first-order valence-corrected chi connectivity index (χ1v) is 6.80. The van der Waals surface area contributed by atoms with Gasteiger partial charge in [-0.1, -0.05) is 0 Å². The number of carbonyl (C=O) groups is 1. The van der Waals surface area contributed by atoms with Crippen LogP contribution in [0.25, 0.3) is 0 Å². The van der Waals surface area contributed by atoms with Gasteiger partial charge in [0.25, 0.3) is 0 Å². The van der Waals surface area contributed by atoms with Gasteiger partial charge in [0.1, 0.15) is 17.2 Å². The molecule has 0 amide bonds. The number of halogens is 1. The summed E-state index contributed by atoms with van der Waals surface area (Å²) in [5.74, 6) is 1.55. The van der Waals surface area contributed by atoms with E-state index in [-0.39, 0.29) is 5.56 Å². The molecule has 3 aliphatic rings. The highest BCUT2D eigenvalue weighted by molar-refractivity contribution is 5.93. The zero-order chi connectivity index (χ0) is 13.1. The quantitative estimate of drug-likeness (QED) is 0.878. The van der Waals surface area contributed by atoms with Crippen molar-refractivity contribution in [3.8, 4) is 0 Å². The van der Waals surface area contributed by atoms with Gasteiger partial charge in [-0.2, -0.15) is 0 Å². The minimum absolute atomic E-state index is 0.0719. The Morgan fingerprint density at radius 2 is 2.05 bits per heavy atom. The minimum Gasteiger partial charge on any atom is -0.478 e. The van der Waals surface area contributed by atoms with E-state index in [9.17, 15) is 9.18 Å². The van der Waals surface area contributed by atoms with Crippen LogP contribution in [0, 0.1) is 29.5 Å².